The molecule has 1 aromatic heterocycles. The third kappa shape index (κ3) is 2.36. The van der Waals surface area contributed by atoms with Crippen molar-refractivity contribution in [2.75, 3.05) is 6.54 Å². The van der Waals surface area contributed by atoms with Crippen LogP contribution in [0.5, 0.6) is 0 Å². The molecule has 0 saturated heterocycles. The van der Waals surface area contributed by atoms with Gasteiger partial charge >= 0.3 is 0 Å². The van der Waals surface area contributed by atoms with Crippen LogP contribution in [0.2, 0.25) is 0 Å². The molecule has 1 atom stereocenters. The molecule has 1 heterocycles. The molecule has 1 aliphatic rings. The van der Waals surface area contributed by atoms with Crippen molar-refractivity contribution < 1.29 is 0 Å². The number of benzene rings is 1. The maximum Gasteiger partial charge on any atom is 0.0890 e. The van der Waals surface area contributed by atoms with E-state index in [0.29, 0.717) is 6.04 Å². The van der Waals surface area contributed by atoms with Gasteiger partial charge in [-0.15, -0.1) is 0 Å². The van der Waals surface area contributed by atoms with Crippen molar-refractivity contribution in [1.29, 1.82) is 0 Å². The average Bonchev–Trinajstić information content (AvgIpc) is 3.24. The lowest BCUT2D eigenvalue weighted by molar-refractivity contribution is 0.470. The second-order valence-corrected chi connectivity index (χ2v) is 5.05. The van der Waals surface area contributed by atoms with E-state index in [1.807, 2.05) is 30.5 Å². The van der Waals surface area contributed by atoms with Crippen molar-refractivity contribution in [3.8, 4) is 0 Å². The molecule has 0 bridgehead atoms. The van der Waals surface area contributed by atoms with Gasteiger partial charge in [0.1, 0.15) is 0 Å². The maximum atomic E-state index is 4.76. The van der Waals surface area contributed by atoms with Crippen molar-refractivity contribution in [2.45, 2.75) is 32.2 Å². The van der Waals surface area contributed by atoms with E-state index in [1.54, 1.807) is 0 Å². The number of rotatable bonds is 5. The van der Waals surface area contributed by atoms with E-state index in [9.17, 15) is 0 Å². The molecule has 1 N–H and O–H groups in total. The van der Waals surface area contributed by atoms with E-state index < -0.39 is 0 Å². The van der Waals surface area contributed by atoms with Gasteiger partial charge in [-0.2, -0.15) is 0 Å². The average molecular weight is 241 g/mol. The summed E-state index contributed by atoms with van der Waals surface area (Å²) >= 11 is 0. The molecule has 0 spiro atoms. The molecule has 1 aliphatic carbocycles. The van der Waals surface area contributed by atoms with Crippen LogP contribution in [0.1, 0.15) is 37.9 Å². The summed E-state index contributed by atoms with van der Waals surface area (Å²) in [4.78, 5) is 9.28. The predicted octanol–water partition coefficient (Wildman–Crippen LogP) is 3.08. The van der Waals surface area contributed by atoms with E-state index in [2.05, 4.69) is 17.2 Å². The van der Waals surface area contributed by atoms with Gasteiger partial charge in [0.05, 0.1) is 29.0 Å². The van der Waals surface area contributed by atoms with Crippen molar-refractivity contribution in [3.63, 3.8) is 0 Å². The van der Waals surface area contributed by atoms with Gasteiger partial charge in [-0.3, -0.25) is 4.98 Å². The summed E-state index contributed by atoms with van der Waals surface area (Å²) in [6.45, 7) is 3.25. The monoisotopic (exact) mass is 241 g/mol. The molecule has 2 aromatic rings. The Labute approximate surface area is 108 Å². The smallest absolute Gasteiger partial charge is 0.0890 e. The van der Waals surface area contributed by atoms with E-state index in [1.165, 1.54) is 12.8 Å². The number of nitrogens with zero attached hydrogens (tertiary/aromatic N) is 2. The number of para-hydroxylation sites is 2. The third-order valence-electron chi connectivity index (χ3n) is 3.49. The van der Waals surface area contributed by atoms with Gasteiger partial charge in [-0.1, -0.05) is 19.1 Å². The second kappa shape index (κ2) is 5.02. The molecule has 1 saturated carbocycles. The van der Waals surface area contributed by atoms with Gasteiger partial charge in [0.15, 0.2) is 0 Å². The molecule has 0 radical (unpaired) electrons. The number of nitrogens with one attached hydrogen (secondary N) is 1. The lowest BCUT2D eigenvalue weighted by atomic mass is 10.1. The van der Waals surface area contributed by atoms with Crippen LogP contribution in [0.4, 0.5) is 0 Å². The van der Waals surface area contributed by atoms with Crippen LogP contribution in [-0.4, -0.2) is 16.5 Å². The summed E-state index contributed by atoms with van der Waals surface area (Å²) in [5.41, 5.74) is 3.08. The molecule has 3 heteroatoms. The van der Waals surface area contributed by atoms with Gasteiger partial charge < -0.3 is 5.32 Å². The van der Waals surface area contributed by atoms with E-state index in [-0.39, 0.29) is 0 Å². The Hall–Kier alpha value is -1.48. The largest absolute Gasteiger partial charge is 0.308 e. The quantitative estimate of drug-likeness (QED) is 0.874. The summed E-state index contributed by atoms with van der Waals surface area (Å²) in [7, 11) is 0. The molecule has 3 nitrogen and oxygen atoms in total. The third-order valence-corrected chi connectivity index (χ3v) is 3.49. The minimum atomic E-state index is 0.391. The van der Waals surface area contributed by atoms with Crippen LogP contribution in [0.3, 0.4) is 0 Å². The lowest BCUT2D eigenvalue weighted by Gasteiger charge is -2.17. The molecule has 0 aliphatic heterocycles. The summed E-state index contributed by atoms with van der Waals surface area (Å²) < 4.78 is 0. The van der Waals surface area contributed by atoms with E-state index >= 15 is 0 Å². The SMILES string of the molecule is CCCNC(c1cnc2ccccc2n1)C1CC1. The van der Waals surface area contributed by atoms with Gasteiger partial charge in [-0.25, -0.2) is 4.98 Å². The fourth-order valence-electron chi connectivity index (χ4n) is 2.36. The van der Waals surface area contributed by atoms with Crippen molar-refractivity contribution in [3.05, 3.63) is 36.2 Å². The van der Waals surface area contributed by atoms with Crippen LogP contribution >= 0.6 is 0 Å². The maximum absolute atomic E-state index is 4.76. The Morgan fingerprint density at radius 3 is 2.78 bits per heavy atom. The Morgan fingerprint density at radius 2 is 2.06 bits per heavy atom. The first-order valence-corrected chi connectivity index (χ1v) is 6.83. The molecule has 3 rings (SSSR count). The Balaban J connectivity index is 1.90. The summed E-state index contributed by atoms with van der Waals surface area (Å²) in [5.74, 6) is 0.756. The van der Waals surface area contributed by atoms with E-state index in [4.69, 9.17) is 4.98 Å². The van der Waals surface area contributed by atoms with Gasteiger partial charge in [0, 0.05) is 0 Å². The van der Waals surface area contributed by atoms with Gasteiger partial charge in [0.2, 0.25) is 0 Å². The number of fused-ring (bicyclic) bond motifs is 1. The highest BCUT2D eigenvalue weighted by Crippen LogP contribution is 2.40. The molecule has 1 fully saturated rings. The molecule has 1 unspecified atom stereocenters. The first kappa shape index (κ1) is 11.6. The zero-order valence-corrected chi connectivity index (χ0v) is 10.8. The molecular formula is C15H19N3. The van der Waals surface area contributed by atoms with Gasteiger partial charge in [0.25, 0.3) is 0 Å². The Kier molecular flexibility index (Phi) is 3.24. The minimum Gasteiger partial charge on any atom is -0.308 e. The molecular weight excluding hydrogens is 222 g/mol. The van der Waals surface area contributed by atoms with Crippen LogP contribution in [0.25, 0.3) is 11.0 Å². The molecule has 18 heavy (non-hydrogen) atoms. The first-order chi connectivity index (χ1) is 8.88. The Morgan fingerprint density at radius 1 is 1.28 bits per heavy atom. The van der Waals surface area contributed by atoms with Crippen molar-refractivity contribution in [1.82, 2.24) is 15.3 Å². The normalized spacial score (nSPS) is 16.9. The standard InChI is InChI=1S/C15H19N3/c1-2-9-16-15(11-7-8-11)14-10-17-12-5-3-4-6-13(12)18-14/h3-6,10-11,15-16H,2,7-9H2,1H3. The number of aromatic nitrogens is 2. The fraction of sp³-hybridized carbons (Fsp3) is 0.467. The lowest BCUT2D eigenvalue weighted by Crippen LogP contribution is -2.24. The van der Waals surface area contributed by atoms with Crippen LogP contribution in [-0.2, 0) is 0 Å². The topological polar surface area (TPSA) is 37.8 Å². The van der Waals surface area contributed by atoms with Crippen LogP contribution in [0.15, 0.2) is 30.5 Å². The van der Waals surface area contributed by atoms with Crippen molar-refractivity contribution in [2.24, 2.45) is 5.92 Å². The van der Waals surface area contributed by atoms with Crippen molar-refractivity contribution >= 4 is 11.0 Å². The summed E-state index contributed by atoms with van der Waals surface area (Å²) in [5, 5.41) is 3.61. The highest BCUT2D eigenvalue weighted by Gasteiger charge is 2.32. The zero-order valence-electron chi connectivity index (χ0n) is 10.8. The summed E-state index contributed by atoms with van der Waals surface area (Å²) in [6, 6.07) is 8.46. The molecule has 94 valence electrons. The number of hydrogen-bond acceptors (Lipinski definition) is 3. The van der Waals surface area contributed by atoms with E-state index in [0.717, 1.165) is 35.6 Å². The Bertz CT molecular complexity index is 534. The van der Waals surface area contributed by atoms with Gasteiger partial charge in [-0.05, 0) is 43.9 Å². The number of hydrogen-bond donors (Lipinski definition) is 1. The fourth-order valence-corrected chi connectivity index (χ4v) is 2.36. The predicted molar refractivity (Wildman–Crippen MR) is 73.3 cm³/mol. The highest BCUT2D eigenvalue weighted by atomic mass is 15.0. The second-order valence-electron chi connectivity index (χ2n) is 5.05. The van der Waals surface area contributed by atoms with Crippen LogP contribution < -0.4 is 5.32 Å². The minimum absolute atomic E-state index is 0.391. The first-order valence-electron chi connectivity index (χ1n) is 6.83. The highest BCUT2D eigenvalue weighted by molar-refractivity contribution is 5.73. The molecule has 1 aromatic carbocycles. The van der Waals surface area contributed by atoms with Crippen LogP contribution in [0, 0.1) is 5.92 Å². The summed E-state index contributed by atoms with van der Waals surface area (Å²) in [6.07, 6.45) is 5.73. The molecule has 0 amide bonds. The zero-order chi connectivity index (χ0) is 12.4.